The maximum Gasteiger partial charge on any atom is 0.0407 e. The van der Waals surface area contributed by atoms with Gasteiger partial charge in [0.15, 0.2) is 0 Å². The molecule has 2 rings (SSSR count). The van der Waals surface area contributed by atoms with Gasteiger partial charge in [-0.25, -0.2) is 0 Å². The number of aryl methyl sites for hydroxylation is 1. The van der Waals surface area contributed by atoms with Gasteiger partial charge < -0.3 is 10.6 Å². The van der Waals surface area contributed by atoms with Gasteiger partial charge in [-0.1, -0.05) is 22.0 Å². The summed E-state index contributed by atoms with van der Waals surface area (Å²) < 4.78 is 1.14. The largest absolute Gasteiger partial charge is 0.370 e. The minimum atomic E-state index is 0.341. The molecule has 0 spiro atoms. The van der Waals surface area contributed by atoms with Crippen molar-refractivity contribution in [3.63, 3.8) is 0 Å². The fourth-order valence-corrected chi connectivity index (χ4v) is 2.28. The van der Waals surface area contributed by atoms with Gasteiger partial charge in [0.05, 0.1) is 0 Å². The van der Waals surface area contributed by atoms with Crippen LogP contribution in [0.15, 0.2) is 22.7 Å². The number of anilines is 1. The van der Waals surface area contributed by atoms with E-state index in [1.807, 2.05) is 0 Å². The first-order valence-electron chi connectivity index (χ1n) is 4.93. The molecule has 1 heterocycles. The van der Waals surface area contributed by atoms with E-state index < -0.39 is 0 Å². The van der Waals surface area contributed by atoms with E-state index in [2.05, 4.69) is 46.0 Å². The predicted octanol–water partition coefficient (Wildman–Crippen LogP) is 2.29. The summed E-state index contributed by atoms with van der Waals surface area (Å²) in [4.78, 5) is 2.37. The van der Waals surface area contributed by atoms with Gasteiger partial charge in [0.25, 0.3) is 0 Å². The van der Waals surface area contributed by atoms with Gasteiger partial charge in [0, 0.05) is 29.3 Å². The Kier molecular flexibility index (Phi) is 2.79. The monoisotopic (exact) mass is 254 g/mol. The van der Waals surface area contributed by atoms with Crippen LogP contribution in [0.25, 0.3) is 0 Å². The Balaban J connectivity index is 2.27. The zero-order valence-corrected chi connectivity index (χ0v) is 9.92. The normalized spacial score (nSPS) is 21.6. The lowest BCUT2D eigenvalue weighted by atomic mass is 10.2. The van der Waals surface area contributed by atoms with Crippen molar-refractivity contribution in [1.82, 2.24) is 0 Å². The van der Waals surface area contributed by atoms with E-state index >= 15 is 0 Å². The molecule has 1 atom stereocenters. The van der Waals surface area contributed by atoms with E-state index in [9.17, 15) is 0 Å². The predicted molar refractivity (Wildman–Crippen MR) is 63.7 cm³/mol. The van der Waals surface area contributed by atoms with Gasteiger partial charge in [-0.3, -0.25) is 0 Å². The van der Waals surface area contributed by atoms with Crippen molar-refractivity contribution in [2.75, 3.05) is 18.0 Å². The Bertz CT molecular complexity index is 338. The van der Waals surface area contributed by atoms with Crippen molar-refractivity contribution in [3.05, 3.63) is 28.2 Å². The molecule has 2 N–H and O–H groups in total. The van der Waals surface area contributed by atoms with Crippen LogP contribution in [0, 0.1) is 6.92 Å². The Morgan fingerprint density at radius 1 is 1.50 bits per heavy atom. The Hall–Kier alpha value is -0.540. The van der Waals surface area contributed by atoms with E-state index in [4.69, 9.17) is 5.73 Å². The summed E-state index contributed by atoms with van der Waals surface area (Å²) in [5.74, 6) is 0. The van der Waals surface area contributed by atoms with Gasteiger partial charge in [0.1, 0.15) is 0 Å². The minimum absolute atomic E-state index is 0.341. The second-order valence-corrected chi connectivity index (χ2v) is 4.84. The number of rotatable bonds is 1. The third kappa shape index (κ3) is 1.93. The molecule has 14 heavy (non-hydrogen) atoms. The number of benzene rings is 1. The lowest BCUT2D eigenvalue weighted by Gasteiger charge is -2.20. The molecule has 3 heteroatoms. The van der Waals surface area contributed by atoms with Crippen LogP contribution in [0.2, 0.25) is 0 Å². The zero-order chi connectivity index (χ0) is 10.1. The molecule has 1 aliphatic heterocycles. The topological polar surface area (TPSA) is 29.3 Å². The molecule has 1 fully saturated rings. The third-order valence-corrected chi connectivity index (χ3v) is 3.23. The lowest BCUT2D eigenvalue weighted by molar-refractivity contribution is 0.752. The molecule has 1 aliphatic rings. The summed E-state index contributed by atoms with van der Waals surface area (Å²) in [7, 11) is 0. The summed E-state index contributed by atoms with van der Waals surface area (Å²) in [6, 6.07) is 6.74. The average Bonchev–Trinajstić information content (AvgIpc) is 2.56. The zero-order valence-electron chi connectivity index (χ0n) is 8.33. The van der Waals surface area contributed by atoms with Crippen molar-refractivity contribution in [2.24, 2.45) is 5.73 Å². The fourth-order valence-electron chi connectivity index (χ4n) is 1.93. The summed E-state index contributed by atoms with van der Waals surface area (Å²) in [5.41, 5.74) is 8.53. The van der Waals surface area contributed by atoms with E-state index in [0.717, 1.165) is 24.0 Å². The van der Waals surface area contributed by atoms with E-state index in [0.29, 0.717) is 6.04 Å². The molecule has 1 aromatic rings. The molecular formula is C11H15BrN2. The average molecular weight is 255 g/mol. The highest BCUT2D eigenvalue weighted by molar-refractivity contribution is 9.10. The van der Waals surface area contributed by atoms with Gasteiger partial charge >= 0.3 is 0 Å². The molecule has 76 valence electrons. The van der Waals surface area contributed by atoms with Crippen LogP contribution < -0.4 is 10.6 Å². The molecule has 0 aliphatic carbocycles. The standard InChI is InChI=1S/C11H15BrN2/c1-8-2-3-9(12)6-11(8)14-5-4-10(13)7-14/h2-3,6,10H,4-5,7,13H2,1H3. The molecular weight excluding hydrogens is 240 g/mol. The molecule has 0 radical (unpaired) electrons. The van der Waals surface area contributed by atoms with Crippen LogP contribution in [0.3, 0.4) is 0 Å². The third-order valence-electron chi connectivity index (χ3n) is 2.74. The molecule has 1 unspecified atom stereocenters. The first kappa shape index (κ1) is 9.99. The molecule has 0 amide bonds. The molecule has 2 nitrogen and oxygen atoms in total. The SMILES string of the molecule is Cc1ccc(Br)cc1N1CCC(N)C1. The molecule has 0 saturated carbocycles. The van der Waals surface area contributed by atoms with Gasteiger partial charge in [0.2, 0.25) is 0 Å². The first-order valence-corrected chi connectivity index (χ1v) is 5.73. The van der Waals surface area contributed by atoms with Crippen LogP contribution in [0.1, 0.15) is 12.0 Å². The second kappa shape index (κ2) is 3.91. The Morgan fingerprint density at radius 2 is 2.29 bits per heavy atom. The number of hydrogen-bond donors (Lipinski definition) is 1. The smallest absolute Gasteiger partial charge is 0.0407 e. The maximum atomic E-state index is 5.90. The van der Waals surface area contributed by atoms with Crippen molar-refractivity contribution < 1.29 is 0 Å². The summed E-state index contributed by atoms with van der Waals surface area (Å²) in [6.45, 7) is 4.21. The Morgan fingerprint density at radius 3 is 2.93 bits per heavy atom. The summed E-state index contributed by atoms with van der Waals surface area (Å²) in [6.07, 6.45) is 1.10. The van der Waals surface area contributed by atoms with E-state index in [1.54, 1.807) is 0 Å². The van der Waals surface area contributed by atoms with Crippen LogP contribution in [-0.2, 0) is 0 Å². The van der Waals surface area contributed by atoms with E-state index in [1.165, 1.54) is 11.3 Å². The van der Waals surface area contributed by atoms with Crippen LogP contribution >= 0.6 is 15.9 Å². The summed E-state index contributed by atoms with van der Waals surface area (Å²) in [5, 5.41) is 0. The molecule has 1 aromatic carbocycles. The minimum Gasteiger partial charge on any atom is -0.370 e. The van der Waals surface area contributed by atoms with Crippen molar-refractivity contribution in [2.45, 2.75) is 19.4 Å². The van der Waals surface area contributed by atoms with E-state index in [-0.39, 0.29) is 0 Å². The number of nitrogens with two attached hydrogens (primary N) is 1. The molecule has 0 bridgehead atoms. The lowest BCUT2D eigenvalue weighted by Crippen LogP contribution is -2.26. The highest BCUT2D eigenvalue weighted by Crippen LogP contribution is 2.27. The molecule has 0 aromatic heterocycles. The van der Waals surface area contributed by atoms with Gasteiger partial charge in [-0.15, -0.1) is 0 Å². The quantitative estimate of drug-likeness (QED) is 0.834. The second-order valence-electron chi connectivity index (χ2n) is 3.93. The first-order chi connectivity index (χ1) is 6.66. The molecule has 1 saturated heterocycles. The van der Waals surface area contributed by atoms with Gasteiger partial charge in [-0.2, -0.15) is 0 Å². The van der Waals surface area contributed by atoms with Crippen LogP contribution in [-0.4, -0.2) is 19.1 Å². The maximum absolute atomic E-state index is 5.90. The van der Waals surface area contributed by atoms with Gasteiger partial charge in [-0.05, 0) is 31.0 Å². The highest BCUT2D eigenvalue weighted by atomic mass is 79.9. The van der Waals surface area contributed by atoms with Crippen molar-refractivity contribution in [1.29, 1.82) is 0 Å². The summed E-state index contributed by atoms with van der Waals surface area (Å²) >= 11 is 3.50. The number of halogens is 1. The van der Waals surface area contributed by atoms with Crippen LogP contribution in [0.5, 0.6) is 0 Å². The Labute approximate surface area is 93.2 Å². The number of hydrogen-bond acceptors (Lipinski definition) is 2. The highest BCUT2D eigenvalue weighted by Gasteiger charge is 2.20. The van der Waals surface area contributed by atoms with Crippen molar-refractivity contribution >= 4 is 21.6 Å². The van der Waals surface area contributed by atoms with Crippen LogP contribution in [0.4, 0.5) is 5.69 Å². The van der Waals surface area contributed by atoms with Crippen molar-refractivity contribution in [3.8, 4) is 0 Å². The number of nitrogens with zero attached hydrogens (tertiary/aromatic N) is 1. The fraction of sp³-hybridized carbons (Fsp3) is 0.455.